The molecule has 5 nitrogen and oxygen atoms in total. The molecule has 0 aromatic heterocycles. The first-order valence-corrected chi connectivity index (χ1v) is 10.2. The predicted octanol–water partition coefficient (Wildman–Crippen LogP) is 4.50. The number of methoxy groups -OCH3 is 1. The quantitative estimate of drug-likeness (QED) is 0.355. The lowest BCUT2D eigenvalue weighted by molar-refractivity contribution is -0.139. The lowest BCUT2D eigenvalue weighted by Gasteiger charge is -2.25. The molecule has 1 fully saturated rings. The van der Waals surface area contributed by atoms with Crippen LogP contribution < -0.4 is 4.74 Å². The summed E-state index contributed by atoms with van der Waals surface area (Å²) in [6.45, 7) is 0.201. The van der Waals surface area contributed by atoms with Gasteiger partial charge in [0.15, 0.2) is 0 Å². The van der Waals surface area contributed by atoms with Crippen molar-refractivity contribution in [3.8, 4) is 5.75 Å². The molecular weight excluding hydrogens is 409 g/mol. The third-order valence-electron chi connectivity index (χ3n) is 5.59. The normalized spacial score (nSPS) is 17.6. The molecule has 4 rings (SSSR count). The summed E-state index contributed by atoms with van der Waals surface area (Å²) in [5, 5.41) is 11.0. The van der Waals surface area contributed by atoms with E-state index in [0.717, 1.165) is 5.56 Å². The Kier molecular flexibility index (Phi) is 6.03. The summed E-state index contributed by atoms with van der Waals surface area (Å²) in [6, 6.07) is 20.9. The van der Waals surface area contributed by atoms with E-state index in [1.807, 2.05) is 30.3 Å². The fourth-order valence-corrected chi connectivity index (χ4v) is 3.93. The SMILES string of the molecule is COc1ccc(/C(O)=C2/C(=O)C(=O)N(CCc3ccccc3)C2c2ccccc2F)cc1. The third-order valence-corrected chi connectivity index (χ3v) is 5.59. The number of aliphatic hydroxyl groups excluding tert-OH is 1. The number of ketones is 1. The minimum atomic E-state index is -1.03. The zero-order valence-electron chi connectivity index (χ0n) is 17.5. The van der Waals surface area contributed by atoms with Crippen LogP contribution >= 0.6 is 0 Å². The van der Waals surface area contributed by atoms with E-state index in [2.05, 4.69) is 0 Å². The molecule has 1 amide bonds. The van der Waals surface area contributed by atoms with Crippen LogP contribution in [0.3, 0.4) is 0 Å². The van der Waals surface area contributed by atoms with Gasteiger partial charge in [0.2, 0.25) is 0 Å². The van der Waals surface area contributed by atoms with Crippen molar-refractivity contribution in [1.29, 1.82) is 0 Å². The maximum atomic E-state index is 14.8. The molecule has 1 aliphatic heterocycles. The van der Waals surface area contributed by atoms with Crippen LogP contribution in [0.1, 0.15) is 22.7 Å². The van der Waals surface area contributed by atoms with E-state index >= 15 is 0 Å². The van der Waals surface area contributed by atoms with E-state index < -0.39 is 23.5 Å². The van der Waals surface area contributed by atoms with Gasteiger partial charge in [-0.2, -0.15) is 0 Å². The summed E-state index contributed by atoms with van der Waals surface area (Å²) in [7, 11) is 1.52. The van der Waals surface area contributed by atoms with E-state index in [1.54, 1.807) is 36.4 Å². The van der Waals surface area contributed by atoms with Crippen molar-refractivity contribution in [3.63, 3.8) is 0 Å². The molecule has 1 saturated heterocycles. The monoisotopic (exact) mass is 431 g/mol. The molecule has 1 N–H and O–H groups in total. The van der Waals surface area contributed by atoms with E-state index in [4.69, 9.17) is 4.74 Å². The predicted molar refractivity (Wildman–Crippen MR) is 119 cm³/mol. The van der Waals surface area contributed by atoms with Crippen molar-refractivity contribution in [2.75, 3.05) is 13.7 Å². The van der Waals surface area contributed by atoms with Gasteiger partial charge in [-0.25, -0.2) is 4.39 Å². The summed E-state index contributed by atoms with van der Waals surface area (Å²) in [4.78, 5) is 27.3. The van der Waals surface area contributed by atoms with Crippen LogP contribution in [0.2, 0.25) is 0 Å². The Hall–Kier alpha value is -3.93. The van der Waals surface area contributed by atoms with Crippen molar-refractivity contribution in [3.05, 3.63) is 107 Å². The largest absolute Gasteiger partial charge is 0.507 e. The number of ether oxygens (including phenoxy) is 1. The standard InChI is InChI=1S/C26H22FNO4/c1-32-19-13-11-18(12-14-19)24(29)22-23(20-9-5-6-10-21(20)27)28(26(31)25(22)30)16-15-17-7-3-2-4-8-17/h2-14,23,29H,15-16H2,1H3/b24-22-. The number of Topliss-reactive ketones (excluding diaryl/α,β-unsaturated/α-hetero) is 1. The summed E-state index contributed by atoms with van der Waals surface area (Å²) < 4.78 is 19.9. The van der Waals surface area contributed by atoms with Crippen LogP contribution in [-0.2, 0) is 16.0 Å². The number of hydrogen-bond donors (Lipinski definition) is 1. The van der Waals surface area contributed by atoms with Crippen LogP contribution in [0.25, 0.3) is 5.76 Å². The highest BCUT2D eigenvalue weighted by atomic mass is 19.1. The molecule has 3 aromatic carbocycles. The number of nitrogens with zero attached hydrogens (tertiary/aromatic N) is 1. The van der Waals surface area contributed by atoms with Crippen LogP contribution in [0.5, 0.6) is 5.75 Å². The molecule has 1 heterocycles. The maximum Gasteiger partial charge on any atom is 0.295 e. The van der Waals surface area contributed by atoms with Crippen LogP contribution in [0, 0.1) is 5.82 Å². The molecule has 0 bridgehead atoms. The number of benzene rings is 3. The molecule has 0 spiro atoms. The van der Waals surface area contributed by atoms with Gasteiger partial charge in [-0.05, 0) is 42.3 Å². The number of aliphatic hydroxyl groups is 1. The number of carbonyl (C=O) groups excluding carboxylic acids is 2. The number of halogens is 1. The second kappa shape index (κ2) is 9.06. The average molecular weight is 431 g/mol. The minimum absolute atomic E-state index is 0.127. The first-order chi connectivity index (χ1) is 15.5. The smallest absolute Gasteiger partial charge is 0.295 e. The second-order valence-electron chi connectivity index (χ2n) is 7.48. The van der Waals surface area contributed by atoms with Crippen LogP contribution in [-0.4, -0.2) is 35.4 Å². The van der Waals surface area contributed by atoms with Crippen LogP contribution in [0.15, 0.2) is 84.4 Å². The van der Waals surface area contributed by atoms with E-state index in [0.29, 0.717) is 17.7 Å². The maximum absolute atomic E-state index is 14.8. The van der Waals surface area contributed by atoms with Crippen molar-refractivity contribution < 1.29 is 23.8 Å². The first-order valence-electron chi connectivity index (χ1n) is 10.2. The number of amides is 1. The number of carbonyl (C=O) groups is 2. The van der Waals surface area contributed by atoms with Gasteiger partial charge in [0, 0.05) is 17.7 Å². The number of rotatable bonds is 6. The Morgan fingerprint density at radius 3 is 2.28 bits per heavy atom. The van der Waals surface area contributed by atoms with Gasteiger partial charge in [-0.1, -0.05) is 48.5 Å². The molecule has 0 aliphatic carbocycles. The third kappa shape index (κ3) is 3.99. The summed E-state index contributed by atoms with van der Waals surface area (Å²) in [5.74, 6) is -1.91. The topological polar surface area (TPSA) is 66.8 Å². The van der Waals surface area contributed by atoms with Gasteiger partial charge >= 0.3 is 0 Å². The highest BCUT2D eigenvalue weighted by molar-refractivity contribution is 6.46. The zero-order chi connectivity index (χ0) is 22.7. The summed E-state index contributed by atoms with van der Waals surface area (Å²) in [5.41, 5.74) is 1.36. The van der Waals surface area contributed by atoms with E-state index in [1.165, 1.54) is 24.1 Å². The lowest BCUT2D eigenvalue weighted by atomic mass is 9.94. The molecule has 3 aromatic rings. The van der Waals surface area contributed by atoms with Crippen molar-refractivity contribution in [2.45, 2.75) is 12.5 Å². The van der Waals surface area contributed by atoms with Gasteiger partial charge in [0.25, 0.3) is 11.7 Å². The Bertz CT molecular complexity index is 1170. The number of likely N-dealkylation sites (tertiary alicyclic amines) is 1. The first kappa shape index (κ1) is 21.3. The molecule has 0 radical (unpaired) electrons. The fourth-order valence-electron chi connectivity index (χ4n) is 3.93. The molecule has 32 heavy (non-hydrogen) atoms. The lowest BCUT2D eigenvalue weighted by Crippen LogP contribution is -2.32. The molecule has 1 unspecified atom stereocenters. The molecule has 0 saturated carbocycles. The highest BCUT2D eigenvalue weighted by Gasteiger charge is 2.46. The Morgan fingerprint density at radius 2 is 1.62 bits per heavy atom. The summed E-state index contributed by atoms with van der Waals surface area (Å²) >= 11 is 0. The summed E-state index contributed by atoms with van der Waals surface area (Å²) in [6.07, 6.45) is 0.487. The fraction of sp³-hybridized carbons (Fsp3) is 0.154. The van der Waals surface area contributed by atoms with Crippen molar-refractivity contribution in [2.24, 2.45) is 0 Å². The van der Waals surface area contributed by atoms with Crippen molar-refractivity contribution in [1.82, 2.24) is 4.90 Å². The Balaban J connectivity index is 1.79. The van der Waals surface area contributed by atoms with Gasteiger partial charge in [0.1, 0.15) is 17.3 Å². The van der Waals surface area contributed by atoms with Gasteiger partial charge in [-0.3, -0.25) is 9.59 Å². The molecule has 1 aliphatic rings. The van der Waals surface area contributed by atoms with Gasteiger partial charge in [0.05, 0.1) is 18.7 Å². The highest BCUT2D eigenvalue weighted by Crippen LogP contribution is 2.40. The van der Waals surface area contributed by atoms with E-state index in [-0.39, 0.29) is 23.4 Å². The zero-order valence-corrected chi connectivity index (χ0v) is 17.5. The molecule has 6 heteroatoms. The number of hydrogen-bond acceptors (Lipinski definition) is 4. The molecular formula is C26H22FNO4. The van der Waals surface area contributed by atoms with Crippen molar-refractivity contribution >= 4 is 17.4 Å². The second-order valence-corrected chi connectivity index (χ2v) is 7.48. The molecule has 162 valence electrons. The average Bonchev–Trinajstić information content (AvgIpc) is 3.08. The van der Waals surface area contributed by atoms with Gasteiger partial charge < -0.3 is 14.7 Å². The Labute approximate surface area is 185 Å². The van der Waals surface area contributed by atoms with Gasteiger partial charge in [-0.15, -0.1) is 0 Å². The minimum Gasteiger partial charge on any atom is -0.507 e. The Morgan fingerprint density at radius 1 is 0.969 bits per heavy atom. The van der Waals surface area contributed by atoms with Crippen LogP contribution in [0.4, 0.5) is 4.39 Å². The van der Waals surface area contributed by atoms with E-state index in [9.17, 15) is 19.1 Å². The molecule has 1 atom stereocenters.